The summed E-state index contributed by atoms with van der Waals surface area (Å²) in [6.45, 7) is 0. The van der Waals surface area contributed by atoms with Crippen LogP contribution in [0.5, 0.6) is 0 Å². The van der Waals surface area contributed by atoms with E-state index in [0.717, 1.165) is 28.7 Å². The van der Waals surface area contributed by atoms with Crippen molar-refractivity contribution in [1.82, 2.24) is 24.6 Å². The van der Waals surface area contributed by atoms with Crippen molar-refractivity contribution in [3.05, 3.63) is 41.5 Å². The Balaban J connectivity index is 1.43. The first-order valence-electron chi connectivity index (χ1n) is 8.20. The molecule has 0 spiro atoms. The fourth-order valence-electron chi connectivity index (χ4n) is 2.66. The summed E-state index contributed by atoms with van der Waals surface area (Å²) >= 11 is 2.93. The van der Waals surface area contributed by atoms with Crippen molar-refractivity contribution in [3.63, 3.8) is 0 Å². The molecule has 3 heterocycles. The van der Waals surface area contributed by atoms with Crippen LogP contribution in [0.4, 0.5) is 0 Å². The van der Waals surface area contributed by atoms with Gasteiger partial charge in [-0.05, 0) is 36.4 Å². The molecule has 0 unspecified atom stereocenters. The minimum Gasteiger partial charge on any atom is -0.347 e. The van der Waals surface area contributed by atoms with Gasteiger partial charge in [-0.2, -0.15) is 0 Å². The SMILES string of the molecule is Cn1cccc1C(=O)NC(=O)CSc1nnc(-c2cccs2)n1C1CC1. The van der Waals surface area contributed by atoms with E-state index in [2.05, 4.69) is 20.1 Å². The third kappa shape index (κ3) is 3.45. The average Bonchev–Trinajstić information content (AvgIpc) is 3.04. The number of aryl methyl sites for hydroxylation is 1. The summed E-state index contributed by atoms with van der Waals surface area (Å²) in [5.41, 5.74) is 0.449. The Morgan fingerprint density at radius 1 is 1.31 bits per heavy atom. The second-order valence-corrected chi connectivity index (χ2v) is 7.95. The molecule has 0 radical (unpaired) electrons. The van der Waals surface area contributed by atoms with E-state index in [1.165, 1.54) is 11.8 Å². The summed E-state index contributed by atoms with van der Waals surface area (Å²) in [6.07, 6.45) is 3.96. The molecule has 1 N–H and O–H groups in total. The molecule has 4 rings (SSSR count). The monoisotopic (exact) mass is 387 g/mol. The second kappa shape index (κ2) is 7.08. The number of rotatable bonds is 6. The molecule has 0 aromatic carbocycles. The number of nitrogens with one attached hydrogen (secondary N) is 1. The minimum atomic E-state index is -0.397. The fourth-order valence-corrected chi connectivity index (χ4v) is 4.18. The molecule has 1 fully saturated rings. The van der Waals surface area contributed by atoms with E-state index in [1.807, 2.05) is 17.5 Å². The molecule has 0 bridgehead atoms. The lowest BCUT2D eigenvalue weighted by Gasteiger charge is -2.08. The molecule has 1 saturated carbocycles. The molecule has 1 aliphatic rings. The van der Waals surface area contributed by atoms with Crippen LogP contribution >= 0.6 is 23.1 Å². The lowest BCUT2D eigenvalue weighted by atomic mass is 10.4. The molecule has 3 aromatic heterocycles. The smallest absolute Gasteiger partial charge is 0.274 e. The lowest BCUT2D eigenvalue weighted by Crippen LogP contribution is -2.33. The summed E-state index contributed by atoms with van der Waals surface area (Å²) in [4.78, 5) is 25.3. The Morgan fingerprint density at radius 3 is 2.81 bits per heavy atom. The van der Waals surface area contributed by atoms with E-state index in [0.29, 0.717) is 11.7 Å². The maximum Gasteiger partial charge on any atom is 0.274 e. The van der Waals surface area contributed by atoms with Crippen molar-refractivity contribution in [2.45, 2.75) is 24.0 Å². The van der Waals surface area contributed by atoms with Crippen LogP contribution in [-0.4, -0.2) is 36.9 Å². The highest BCUT2D eigenvalue weighted by Crippen LogP contribution is 2.41. The molecule has 7 nitrogen and oxygen atoms in total. The van der Waals surface area contributed by atoms with Gasteiger partial charge in [0.25, 0.3) is 5.91 Å². The van der Waals surface area contributed by atoms with Gasteiger partial charge in [0, 0.05) is 19.3 Å². The number of hydrogen-bond donors (Lipinski definition) is 1. The standard InChI is InChI=1S/C17H17N5O2S2/c1-21-8-2-4-12(21)16(24)18-14(23)10-26-17-20-19-15(13-5-3-9-25-13)22(17)11-6-7-11/h2-5,8-9,11H,6-7,10H2,1H3,(H,18,23,24). The number of amides is 2. The molecule has 134 valence electrons. The number of thiophene rings is 1. The van der Waals surface area contributed by atoms with Crippen LogP contribution in [0, 0.1) is 0 Å². The Morgan fingerprint density at radius 2 is 2.15 bits per heavy atom. The van der Waals surface area contributed by atoms with Crippen LogP contribution in [0.2, 0.25) is 0 Å². The van der Waals surface area contributed by atoms with Gasteiger partial charge in [0.05, 0.1) is 10.6 Å². The zero-order chi connectivity index (χ0) is 18.1. The van der Waals surface area contributed by atoms with Crippen LogP contribution in [0.1, 0.15) is 29.4 Å². The van der Waals surface area contributed by atoms with Crippen LogP contribution < -0.4 is 5.32 Å². The molecule has 3 aromatic rings. The molecule has 0 atom stereocenters. The summed E-state index contributed by atoms with van der Waals surface area (Å²) < 4.78 is 3.79. The Kier molecular flexibility index (Phi) is 4.64. The largest absolute Gasteiger partial charge is 0.347 e. The molecule has 2 amide bonds. The van der Waals surface area contributed by atoms with E-state index < -0.39 is 5.91 Å². The van der Waals surface area contributed by atoms with E-state index in [4.69, 9.17) is 0 Å². The van der Waals surface area contributed by atoms with Gasteiger partial charge in [-0.1, -0.05) is 17.8 Å². The highest BCUT2D eigenvalue weighted by molar-refractivity contribution is 7.99. The molecule has 1 aliphatic carbocycles. The van der Waals surface area contributed by atoms with Crippen molar-refractivity contribution >= 4 is 34.9 Å². The van der Waals surface area contributed by atoms with Gasteiger partial charge in [0.15, 0.2) is 11.0 Å². The van der Waals surface area contributed by atoms with Gasteiger partial charge in [0.1, 0.15) is 5.69 Å². The van der Waals surface area contributed by atoms with Crippen molar-refractivity contribution in [3.8, 4) is 10.7 Å². The third-order valence-corrected chi connectivity index (χ3v) is 5.89. The molecular weight excluding hydrogens is 370 g/mol. The first-order chi connectivity index (χ1) is 12.6. The summed E-state index contributed by atoms with van der Waals surface area (Å²) in [7, 11) is 1.76. The number of carbonyl (C=O) groups is 2. The number of hydrogen-bond acceptors (Lipinski definition) is 6. The summed E-state index contributed by atoms with van der Waals surface area (Å²) in [6, 6.07) is 7.84. The molecular formula is C17H17N5O2S2. The number of thioether (sulfide) groups is 1. The Labute approximate surface area is 158 Å². The van der Waals surface area contributed by atoms with Crippen LogP contribution in [0.3, 0.4) is 0 Å². The molecule has 26 heavy (non-hydrogen) atoms. The maximum atomic E-state index is 12.1. The zero-order valence-electron chi connectivity index (χ0n) is 14.1. The number of imide groups is 1. The minimum absolute atomic E-state index is 0.117. The first kappa shape index (κ1) is 17.0. The maximum absolute atomic E-state index is 12.1. The van der Waals surface area contributed by atoms with Gasteiger partial charge in [-0.25, -0.2) is 0 Å². The lowest BCUT2D eigenvalue weighted by molar-refractivity contribution is -0.117. The fraction of sp³-hybridized carbons (Fsp3) is 0.294. The highest BCUT2D eigenvalue weighted by atomic mass is 32.2. The second-order valence-electron chi connectivity index (χ2n) is 6.05. The van der Waals surface area contributed by atoms with Crippen LogP contribution in [-0.2, 0) is 11.8 Å². The van der Waals surface area contributed by atoms with Crippen molar-refractivity contribution in [2.24, 2.45) is 7.05 Å². The van der Waals surface area contributed by atoms with E-state index in [-0.39, 0.29) is 11.7 Å². The molecule has 0 saturated heterocycles. The van der Waals surface area contributed by atoms with Gasteiger partial charge in [-0.15, -0.1) is 21.5 Å². The van der Waals surface area contributed by atoms with Crippen LogP contribution in [0.15, 0.2) is 41.0 Å². The van der Waals surface area contributed by atoms with E-state index in [9.17, 15) is 9.59 Å². The van der Waals surface area contributed by atoms with Gasteiger partial charge in [-0.3, -0.25) is 19.5 Å². The van der Waals surface area contributed by atoms with Gasteiger partial charge in [0.2, 0.25) is 5.91 Å². The average molecular weight is 387 g/mol. The Hall–Kier alpha value is -2.39. The van der Waals surface area contributed by atoms with E-state index >= 15 is 0 Å². The van der Waals surface area contributed by atoms with Crippen molar-refractivity contribution in [2.75, 3.05) is 5.75 Å². The first-order valence-corrected chi connectivity index (χ1v) is 10.1. The third-order valence-electron chi connectivity index (χ3n) is 4.08. The van der Waals surface area contributed by atoms with Crippen LogP contribution in [0.25, 0.3) is 10.7 Å². The summed E-state index contributed by atoms with van der Waals surface area (Å²) in [5, 5.41) is 13.7. The predicted octanol–water partition coefficient (Wildman–Crippen LogP) is 2.73. The quantitative estimate of drug-likeness (QED) is 0.658. The predicted molar refractivity (Wildman–Crippen MR) is 100 cm³/mol. The van der Waals surface area contributed by atoms with Crippen molar-refractivity contribution in [1.29, 1.82) is 0 Å². The van der Waals surface area contributed by atoms with Gasteiger partial charge >= 0.3 is 0 Å². The molecule has 0 aliphatic heterocycles. The topological polar surface area (TPSA) is 81.8 Å². The number of nitrogens with zero attached hydrogens (tertiary/aromatic N) is 4. The van der Waals surface area contributed by atoms with E-state index in [1.54, 1.807) is 41.3 Å². The number of aromatic nitrogens is 4. The normalized spacial score (nSPS) is 13.7. The number of carbonyl (C=O) groups excluding carboxylic acids is 2. The Bertz CT molecular complexity index is 940. The zero-order valence-corrected chi connectivity index (χ0v) is 15.7. The highest BCUT2D eigenvalue weighted by Gasteiger charge is 2.30. The summed E-state index contributed by atoms with van der Waals surface area (Å²) in [5.74, 6) is 0.228. The molecule has 9 heteroatoms. The van der Waals surface area contributed by atoms with Crippen molar-refractivity contribution < 1.29 is 9.59 Å². The van der Waals surface area contributed by atoms with Gasteiger partial charge < -0.3 is 4.57 Å².